The summed E-state index contributed by atoms with van der Waals surface area (Å²) in [5, 5.41) is 10.7. The van der Waals surface area contributed by atoms with Crippen LogP contribution < -0.4 is 10.5 Å². The molecule has 0 radical (unpaired) electrons. The van der Waals surface area contributed by atoms with Gasteiger partial charge in [0, 0.05) is 25.2 Å². The van der Waals surface area contributed by atoms with Gasteiger partial charge in [0.15, 0.2) is 0 Å². The molecule has 0 atom stereocenters. The third-order valence-corrected chi connectivity index (χ3v) is 3.45. The predicted octanol–water partition coefficient (Wildman–Crippen LogP) is 1.17. The molecule has 2 rings (SSSR count). The van der Waals surface area contributed by atoms with Gasteiger partial charge in [-0.15, -0.1) is 0 Å². The van der Waals surface area contributed by atoms with Crippen molar-refractivity contribution in [3.8, 4) is 5.75 Å². The fraction of sp³-hybridized carbons (Fsp3) is 0.462. The number of hydrogen-bond donors (Lipinski definition) is 1. The van der Waals surface area contributed by atoms with Gasteiger partial charge in [-0.05, 0) is 18.9 Å². The normalized spacial score (nSPS) is 16.0. The standard InChI is InChI=1S/C13H17N3O4/c1-20-12-8-10(16(18)19)2-3-11(12)13(17)15-6-4-9(14)5-7-15/h2-3,8-9H,4-7,14H2,1H3. The molecule has 1 fully saturated rings. The molecule has 0 spiro atoms. The number of non-ortho nitro benzene ring substituents is 1. The molecule has 1 aromatic rings. The molecule has 1 amide bonds. The first-order chi connectivity index (χ1) is 9.52. The number of hydrogen-bond acceptors (Lipinski definition) is 5. The quantitative estimate of drug-likeness (QED) is 0.661. The van der Waals surface area contributed by atoms with E-state index in [9.17, 15) is 14.9 Å². The second-order valence-electron chi connectivity index (χ2n) is 4.77. The summed E-state index contributed by atoms with van der Waals surface area (Å²) in [4.78, 5) is 24.3. The lowest BCUT2D eigenvalue weighted by Gasteiger charge is -2.30. The maximum absolute atomic E-state index is 12.4. The van der Waals surface area contributed by atoms with Crippen molar-refractivity contribution in [2.24, 2.45) is 5.73 Å². The Morgan fingerprint density at radius 3 is 2.65 bits per heavy atom. The minimum absolute atomic E-state index is 0.0981. The Morgan fingerprint density at radius 1 is 1.45 bits per heavy atom. The number of carbonyl (C=O) groups excluding carboxylic acids is 1. The minimum atomic E-state index is -0.517. The molecule has 1 aromatic carbocycles. The van der Waals surface area contributed by atoms with E-state index in [4.69, 9.17) is 10.5 Å². The molecular weight excluding hydrogens is 262 g/mol. The molecule has 1 aliphatic rings. The second-order valence-corrected chi connectivity index (χ2v) is 4.77. The summed E-state index contributed by atoms with van der Waals surface area (Å²) in [5.41, 5.74) is 6.05. The van der Waals surface area contributed by atoms with Gasteiger partial charge in [0.1, 0.15) is 5.75 Å². The smallest absolute Gasteiger partial charge is 0.273 e. The zero-order valence-electron chi connectivity index (χ0n) is 11.2. The third kappa shape index (κ3) is 2.88. The van der Waals surface area contributed by atoms with Crippen LogP contribution in [0, 0.1) is 10.1 Å². The SMILES string of the molecule is COc1cc([N+](=O)[O-])ccc1C(=O)N1CCC(N)CC1. The summed E-state index contributed by atoms with van der Waals surface area (Å²) in [6, 6.07) is 4.15. The molecule has 0 saturated carbocycles. The number of nitro groups is 1. The van der Waals surface area contributed by atoms with Crippen molar-refractivity contribution < 1.29 is 14.5 Å². The number of nitro benzene ring substituents is 1. The highest BCUT2D eigenvalue weighted by molar-refractivity contribution is 5.97. The molecule has 0 bridgehead atoms. The monoisotopic (exact) mass is 279 g/mol. The van der Waals surface area contributed by atoms with Crippen LogP contribution in [0.15, 0.2) is 18.2 Å². The van der Waals surface area contributed by atoms with E-state index < -0.39 is 4.92 Å². The van der Waals surface area contributed by atoms with Crippen LogP contribution in [0.5, 0.6) is 5.75 Å². The molecule has 108 valence electrons. The number of amides is 1. The van der Waals surface area contributed by atoms with Crippen molar-refractivity contribution in [3.05, 3.63) is 33.9 Å². The largest absolute Gasteiger partial charge is 0.496 e. The van der Waals surface area contributed by atoms with Crippen LogP contribution >= 0.6 is 0 Å². The van der Waals surface area contributed by atoms with Gasteiger partial charge in [-0.3, -0.25) is 14.9 Å². The number of ether oxygens (including phenoxy) is 1. The van der Waals surface area contributed by atoms with E-state index in [2.05, 4.69) is 0 Å². The molecule has 0 aliphatic carbocycles. The van der Waals surface area contributed by atoms with Gasteiger partial charge in [-0.1, -0.05) is 0 Å². The molecule has 0 aromatic heterocycles. The van der Waals surface area contributed by atoms with Crippen molar-refractivity contribution >= 4 is 11.6 Å². The molecule has 7 heteroatoms. The Kier molecular flexibility index (Phi) is 4.19. The van der Waals surface area contributed by atoms with E-state index in [-0.39, 0.29) is 23.4 Å². The van der Waals surface area contributed by atoms with Gasteiger partial charge in [0.25, 0.3) is 11.6 Å². The average molecular weight is 279 g/mol. The van der Waals surface area contributed by atoms with Crippen molar-refractivity contribution in [3.63, 3.8) is 0 Å². The molecule has 20 heavy (non-hydrogen) atoms. The highest BCUT2D eigenvalue weighted by Gasteiger charge is 2.25. The highest BCUT2D eigenvalue weighted by Crippen LogP contribution is 2.26. The van der Waals surface area contributed by atoms with E-state index in [1.54, 1.807) is 4.90 Å². The molecule has 1 saturated heterocycles. The van der Waals surface area contributed by atoms with Gasteiger partial charge in [-0.25, -0.2) is 0 Å². The highest BCUT2D eigenvalue weighted by atomic mass is 16.6. The van der Waals surface area contributed by atoms with Crippen LogP contribution in [-0.2, 0) is 0 Å². The Labute approximate surface area is 116 Å². The van der Waals surface area contributed by atoms with Crippen LogP contribution in [0.2, 0.25) is 0 Å². The van der Waals surface area contributed by atoms with Crippen molar-refractivity contribution in [1.82, 2.24) is 4.90 Å². The van der Waals surface area contributed by atoms with Crippen molar-refractivity contribution in [1.29, 1.82) is 0 Å². The third-order valence-electron chi connectivity index (χ3n) is 3.45. The fourth-order valence-electron chi connectivity index (χ4n) is 2.24. The van der Waals surface area contributed by atoms with Crippen LogP contribution in [0.4, 0.5) is 5.69 Å². The van der Waals surface area contributed by atoms with E-state index in [1.807, 2.05) is 0 Å². The summed E-state index contributed by atoms with van der Waals surface area (Å²) >= 11 is 0. The number of methoxy groups -OCH3 is 1. The molecule has 7 nitrogen and oxygen atoms in total. The van der Waals surface area contributed by atoms with Crippen molar-refractivity contribution in [2.75, 3.05) is 20.2 Å². The van der Waals surface area contributed by atoms with E-state index in [1.165, 1.54) is 25.3 Å². The Balaban J connectivity index is 2.23. The van der Waals surface area contributed by atoms with Gasteiger partial charge in [0.2, 0.25) is 0 Å². The fourth-order valence-corrected chi connectivity index (χ4v) is 2.24. The maximum atomic E-state index is 12.4. The molecular formula is C13H17N3O4. The van der Waals surface area contributed by atoms with Gasteiger partial charge in [-0.2, -0.15) is 0 Å². The summed E-state index contributed by atoms with van der Waals surface area (Å²) in [7, 11) is 1.39. The number of piperidine rings is 1. The van der Waals surface area contributed by atoms with Crippen LogP contribution in [0.1, 0.15) is 23.2 Å². The Morgan fingerprint density at radius 2 is 2.10 bits per heavy atom. The number of likely N-dealkylation sites (tertiary alicyclic amines) is 1. The summed E-state index contributed by atoms with van der Waals surface area (Å²) in [6.07, 6.45) is 1.53. The topological polar surface area (TPSA) is 98.7 Å². The van der Waals surface area contributed by atoms with E-state index >= 15 is 0 Å². The first-order valence-electron chi connectivity index (χ1n) is 6.40. The lowest BCUT2D eigenvalue weighted by atomic mass is 10.0. The summed E-state index contributed by atoms with van der Waals surface area (Å²) < 4.78 is 5.09. The second kappa shape index (κ2) is 5.87. The first-order valence-corrected chi connectivity index (χ1v) is 6.40. The van der Waals surface area contributed by atoms with Gasteiger partial charge >= 0.3 is 0 Å². The molecule has 2 N–H and O–H groups in total. The number of carbonyl (C=O) groups is 1. The van der Waals surface area contributed by atoms with Crippen LogP contribution in [-0.4, -0.2) is 42.0 Å². The first kappa shape index (κ1) is 14.3. The van der Waals surface area contributed by atoms with E-state index in [0.717, 1.165) is 12.8 Å². The maximum Gasteiger partial charge on any atom is 0.273 e. The lowest BCUT2D eigenvalue weighted by Crippen LogP contribution is -2.42. The van der Waals surface area contributed by atoms with Crippen LogP contribution in [0.3, 0.4) is 0 Å². The van der Waals surface area contributed by atoms with Gasteiger partial charge < -0.3 is 15.4 Å². The average Bonchev–Trinajstić information content (AvgIpc) is 2.46. The minimum Gasteiger partial charge on any atom is -0.496 e. The van der Waals surface area contributed by atoms with Crippen LogP contribution in [0.25, 0.3) is 0 Å². The summed E-state index contributed by atoms with van der Waals surface area (Å²) in [5.74, 6) is 0.0442. The number of nitrogens with zero attached hydrogens (tertiary/aromatic N) is 2. The van der Waals surface area contributed by atoms with E-state index in [0.29, 0.717) is 18.7 Å². The zero-order valence-corrected chi connectivity index (χ0v) is 11.2. The Bertz CT molecular complexity index is 524. The molecule has 1 aliphatic heterocycles. The summed E-state index contributed by atoms with van der Waals surface area (Å²) in [6.45, 7) is 1.19. The predicted molar refractivity (Wildman–Crippen MR) is 72.8 cm³/mol. The zero-order chi connectivity index (χ0) is 14.7. The number of benzene rings is 1. The molecule has 1 heterocycles. The number of nitrogens with two attached hydrogens (primary N) is 1. The lowest BCUT2D eigenvalue weighted by molar-refractivity contribution is -0.384. The van der Waals surface area contributed by atoms with Crippen molar-refractivity contribution in [2.45, 2.75) is 18.9 Å². The number of rotatable bonds is 3. The molecule has 0 unspecified atom stereocenters. The van der Waals surface area contributed by atoms with Gasteiger partial charge in [0.05, 0.1) is 23.7 Å². The Hall–Kier alpha value is -2.15.